The first-order chi connectivity index (χ1) is 23.1. The SMILES string of the molecule is CCOC(=O)C1=C(C)N=c2s/c(=C\c3c(C)n(Cc4ccc([N+](=O)[O-])cc4)c4ccccc34)c(=O)n2[C@@H]1c1cc(OC)c(OC)cc1Br. The van der Waals surface area contributed by atoms with Crippen LogP contribution in [0.4, 0.5) is 5.69 Å². The predicted molar refractivity (Wildman–Crippen MR) is 187 cm³/mol. The number of carbonyl (C=O) groups is 1. The van der Waals surface area contributed by atoms with Gasteiger partial charge in [0, 0.05) is 45.3 Å². The van der Waals surface area contributed by atoms with Crippen LogP contribution in [-0.2, 0) is 16.1 Å². The lowest BCUT2D eigenvalue weighted by Gasteiger charge is -2.26. The Labute approximate surface area is 287 Å². The first-order valence-corrected chi connectivity index (χ1v) is 16.6. The summed E-state index contributed by atoms with van der Waals surface area (Å²) in [6, 6.07) is 17.0. The zero-order valence-corrected chi connectivity index (χ0v) is 29.2. The summed E-state index contributed by atoms with van der Waals surface area (Å²) >= 11 is 4.88. The Morgan fingerprint density at radius 1 is 1.08 bits per heavy atom. The van der Waals surface area contributed by atoms with Crippen LogP contribution >= 0.6 is 27.3 Å². The number of rotatable bonds is 9. The fraction of sp³-hybridized carbons (Fsp3) is 0.229. The molecular formula is C35H31BrN4O7S. The van der Waals surface area contributed by atoms with E-state index in [0.29, 0.717) is 43.1 Å². The second-order valence-corrected chi connectivity index (χ2v) is 12.9. The van der Waals surface area contributed by atoms with Crippen molar-refractivity contribution in [3.8, 4) is 11.5 Å². The van der Waals surface area contributed by atoms with Crippen molar-refractivity contribution >= 4 is 55.9 Å². The van der Waals surface area contributed by atoms with Gasteiger partial charge in [0.2, 0.25) is 0 Å². The molecule has 6 rings (SSSR count). The monoisotopic (exact) mass is 730 g/mol. The average molecular weight is 732 g/mol. The molecule has 2 aromatic heterocycles. The van der Waals surface area contributed by atoms with Crippen LogP contribution in [0.15, 0.2) is 86.2 Å². The minimum absolute atomic E-state index is 0.0312. The number of hydrogen-bond acceptors (Lipinski definition) is 9. The van der Waals surface area contributed by atoms with E-state index in [2.05, 4.69) is 20.5 Å². The maximum Gasteiger partial charge on any atom is 0.338 e. The van der Waals surface area contributed by atoms with Crippen LogP contribution in [0, 0.1) is 17.0 Å². The van der Waals surface area contributed by atoms with Gasteiger partial charge in [-0.05, 0) is 56.2 Å². The van der Waals surface area contributed by atoms with Gasteiger partial charge >= 0.3 is 5.97 Å². The summed E-state index contributed by atoms with van der Waals surface area (Å²) in [6.45, 7) is 6.09. The third-order valence-electron chi connectivity index (χ3n) is 8.36. The number of nitro groups is 1. The maximum atomic E-state index is 14.4. The molecule has 0 amide bonds. The number of methoxy groups -OCH3 is 2. The van der Waals surface area contributed by atoms with Gasteiger partial charge in [0.1, 0.15) is 0 Å². The van der Waals surface area contributed by atoms with E-state index in [0.717, 1.165) is 27.7 Å². The minimum Gasteiger partial charge on any atom is -0.493 e. The van der Waals surface area contributed by atoms with Gasteiger partial charge in [-0.25, -0.2) is 9.79 Å². The zero-order valence-electron chi connectivity index (χ0n) is 26.8. The Hall–Kier alpha value is -5.01. The van der Waals surface area contributed by atoms with Gasteiger partial charge in [0.15, 0.2) is 16.3 Å². The van der Waals surface area contributed by atoms with Crippen molar-refractivity contribution in [1.29, 1.82) is 0 Å². The number of para-hydroxylation sites is 1. The van der Waals surface area contributed by atoms with Gasteiger partial charge in [0.25, 0.3) is 11.2 Å². The van der Waals surface area contributed by atoms with Crippen molar-refractivity contribution in [3.63, 3.8) is 0 Å². The number of ether oxygens (including phenoxy) is 3. The highest BCUT2D eigenvalue weighted by Crippen LogP contribution is 2.41. The number of aromatic nitrogens is 2. The number of non-ortho nitro benzene ring substituents is 1. The Balaban J connectivity index is 1.54. The molecule has 13 heteroatoms. The summed E-state index contributed by atoms with van der Waals surface area (Å²) in [6.07, 6.45) is 1.87. The number of nitro benzene ring substituents is 1. The van der Waals surface area contributed by atoms with Crippen molar-refractivity contribution in [2.24, 2.45) is 4.99 Å². The normalized spacial score (nSPS) is 14.5. The molecule has 1 atom stereocenters. The molecule has 3 heterocycles. The van der Waals surface area contributed by atoms with E-state index < -0.39 is 16.9 Å². The van der Waals surface area contributed by atoms with E-state index in [9.17, 15) is 19.7 Å². The van der Waals surface area contributed by atoms with Gasteiger partial charge in [-0.3, -0.25) is 19.5 Å². The first-order valence-electron chi connectivity index (χ1n) is 15.0. The van der Waals surface area contributed by atoms with Crippen LogP contribution in [0.5, 0.6) is 11.5 Å². The molecule has 48 heavy (non-hydrogen) atoms. The topological polar surface area (TPSA) is 127 Å². The molecule has 0 saturated carbocycles. The van der Waals surface area contributed by atoms with Gasteiger partial charge in [-0.1, -0.05) is 57.6 Å². The summed E-state index contributed by atoms with van der Waals surface area (Å²) in [4.78, 5) is 43.8. The molecule has 1 aliphatic rings. The van der Waals surface area contributed by atoms with Crippen molar-refractivity contribution < 1.29 is 23.9 Å². The number of allylic oxidation sites excluding steroid dienone is 1. The molecule has 1 aliphatic heterocycles. The number of nitrogens with zero attached hydrogens (tertiary/aromatic N) is 4. The highest BCUT2D eigenvalue weighted by molar-refractivity contribution is 9.10. The third kappa shape index (κ3) is 5.73. The number of benzene rings is 3. The highest BCUT2D eigenvalue weighted by atomic mass is 79.9. The fourth-order valence-electron chi connectivity index (χ4n) is 6.05. The van der Waals surface area contributed by atoms with Crippen molar-refractivity contribution in [2.75, 3.05) is 20.8 Å². The molecule has 0 aliphatic carbocycles. The molecule has 0 spiro atoms. The van der Waals surface area contributed by atoms with Crippen molar-refractivity contribution in [3.05, 3.63) is 129 Å². The van der Waals surface area contributed by atoms with Gasteiger partial charge in [-0.2, -0.15) is 0 Å². The molecule has 0 N–H and O–H groups in total. The molecule has 11 nitrogen and oxygen atoms in total. The minimum atomic E-state index is -0.860. The lowest BCUT2D eigenvalue weighted by Crippen LogP contribution is -2.40. The number of esters is 1. The molecule has 5 aromatic rings. The summed E-state index contributed by atoms with van der Waals surface area (Å²) in [7, 11) is 3.06. The smallest absolute Gasteiger partial charge is 0.338 e. The van der Waals surface area contributed by atoms with Crippen LogP contribution in [0.3, 0.4) is 0 Å². The van der Waals surface area contributed by atoms with E-state index in [1.54, 1.807) is 38.1 Å². The van der Waals surface area contributed by atoms with Crippen LogP contribution in [-0.4, -0.2) is 40.9 Å². The predicted octanol–water partition coefficient (Wildman–Crippen LogP) is 5.80. The standard InChI is InChI=1S/C35H31BrN4O7S/c1-6-47-34(42)31-19(2)37-35-39(32(31)25-15-28(45-4)29(46-5)17-26(25)36)33(41)30(48-35)16-24-20(3)38(27-10-8-7-9-23(24)27)18-21-11-13-22(14-12-21)40(43)44/h7-17,32H,6,18H2,1-5H3/b30-16-/t32-/m1/s1. The van der Waals surface area contributed by atoms with E-state index in [-0.39, 0.29) is 23.4 Å². The molecule has 0 radical (unpaired) electrons. The molecular weight excluding hydrogens is 700 g/mol. The largest absolute Gasteiger partial charge is 0.493 e. The number of halogens is 1. The van der Waals surface area contributed by atoms with E-state index in [4.69, 9.17) is 19.2 Å². The second kappa shape index (κ2) is 13.2. The Morgan fingerprint density at radius 3 is 2.44 bits per heavy atom. The number of thiazole rings is 1. The van der Waals surface area contributed by atoms with E-state index in [1.165, 1.54) is 42.3 Å². The molecule has 0 bridgehead atoms. The number of fused-ring (bicyclic) bond motifs is 2. The maximum absolute atomic E-state index is 14.4. The lowest BCUT2D eigenvalue weighted by atomic mass is 9.95. The molecule has 0 fully saturated rings. The second-order valence-electron chi connectivity index (χ2n) is 11.1. The Morgan fingerprint density at radius 2 is 1.77 bits per heavy atom. The molecule has 3 aromatic carbocycles. The zero-order chi connectivity index (χ0) is 34.3. The Kier molecular flexibility index (Phi) is 9.08. The molecule has 0 unspecified atom stereocenters. The summed E-state index contributed by atoms with van der Waals surface area (Å²) < 4.78 is 21.2. The van der Waals surface area contributed by atoms with E-state index >= 15 is 0 Å². The van der Waals surface area contributed by atoms with Crippen LogP contribution < -0.4 is 24.4 Å². The quantitative estimate of drug-likeness (QED) is 0.107. The average Bonchev–Trinajstić information content (AvgIpc) is 3.52. The number of carbonyl (C=O) groups excluding carboxylic acids is 1. The van der Waals surface area contributed by atoms with Gasteiger partial charge < -0.3 is 18.8 Å². The van der Waals surface area contributed by atoms with Gasteiger partial charge in [-0.15, -0.1) is 0 Å². The fourth-order valence-corrected chi connectivity index (χ4v) is 7.61. The molecule has 246 valence electrons. The third-order valence-corrected chi connectivity index (χ3v) is 10.0. The summed E-state index contributed by atoms with van der Waals surface area (Å²) in [5.41, 5.74) is 4.66. The van der Waals surface area contributed by atoms with Crippen LogP contribution in [0.25, 0.3) is 17.0 Å². The van der Waals surface area contributed by atoms with Crippen LogP contribution in [0.2, 0.25) is 0 Å². The lowest BCUT2D eigenvalue weighted by molar-refractivity contribution is -0.384. The summed E-state index contributed by atoms with van der Waals surface area (Å²) in [5, 5.41) is 12.1. The van der Waals surface area contributed by atoms with E-state index in [1.807, 2.05) is 37.3 Å². The first kappa shape index (κ1) is 32.9. The number of hydrogen-bond donors (Lipinski definition) is 0. The van der Waals surface area contributed by atoms with Crippen LogP contribution in [0.1, 0.15) is 42.3 Å². The highest BCUT2D eigenvalue weighted by Gasteiger charge is 2.35. The Bertz CT molecular complexity index is 2320. The van der Waals surface area contributed by atoms with Crippen molar-refractivity contribution in [2.45, 2.75) is 33.4 Å². The van der Waals surface area contributed by atoms with Crippen molar-refractivity contribution in [1.82, 2.24) is 9.13 Å². The summed E-state index contributed by atoms with van der Waals surface area (Å²) in [5.74, 6) is 0.358. The van der Waals surface area contributed by atoms with Gasteiger partial charge in [0.05, 0.1) is 47.6 Å². The molecule has 0 saturated heterocycles.